The first-order valence-electron chi connectivity index (χ1n) is 6.59. The molecule has 1 aromatic carbocycles. The summed E-state index contributed by atoms with van der Waals surface area (Å²) in [6.07, 6.45) is 1.75. The second-order valence-corrected chi connectivity index (χ2v) is 4.68. The molecule has 0 aliphatic carbocycles. The number of rotatable bonds is 3. The van der Waals surface area contributed by atoms with Crippen LogP contribution in [0.5, 0.6) is 5.75 Å². The van der Waals surface area contributed by atoms with Gasteiger partial charge in [-0.05, 0) is 36.4 Å². The van der Waals surface area contributed by atoms with E-state index in [9.17, 15) is 0 Å². The molecule has 0 radical (unpaired) electrons. The molecule has 2 aromatic heterocycles. The third kappa shape index (κ3) is 2.33. The second-order valence-electron chi connectivity index (χ2n) is 4.68. The normalized spacial score (nSPS) is 10.6. The molecule has 2 N–H and O–H groups in total. The Morgan fingerprint density at radius 1 is 1.10 bits per heavy atom. The maximum absolute atomic E-state index is 6.16. The van der Waals surface area contributed by atoms with Gasteiger partial charge in [0.2, 0.25) is 0 Å². The highest BCUT2D eigenvalue weighted by atomic mass is 16.5. The van der Waals surface area contributed by atoms with Gasteiger partial charge in [-0.1, -0.05) is 6.07 Å². The van der Waals surface area contributed by atoms with Crippen molar-refractivity contribution in [2.24, 2.45) is 7.05 Å². The predicted octanol–water partition coefficient (Wildman–Crippen LogP) is 2.74. The Labute approximate surface area is 123 Å². The fourth-order valence-corrected chi connectivity index (χ4v) is 2.25. The fraction of sp³-hybridized carbons (Fsp3) is 0.125. The predicted molar refractivity (Wildman–Crippen MR) is 82.8 cm³/mol. The van der Waals surface area contributed by atoms with E-state index in [-0.39, 0.29) is 0 Å². The molecule has 0 saturated heterocycles. The summed E-state index contributed by atoms with van der Waals surface area (Å²) >= 11 is 0. The Hall–Kier alpha value is -2.82. The second kappa shape index (κ2) is 5.28. The number of hydrogen-bond acceptors (Lipinski definition) is 4. The van der Waals surface area contributed by atoms with Crippen molar-refractivity contribution in [1.82, 2.24) is 14.8 Å². The van der Waals surface area contributed by atoms with E-state index in [0.29, 0.717) is 5.82 Å². The standard InChI is InChI=1S/C16H16N4O/c1-20-16(17)14(13-5-3-4-10-18-13)15(19-20)11-6-8-12(21-2)9-7-11/h3-10H,17H2,1-2H3. The molecular formula is C16H16N4O. The zero-order chi connectivity index (χ0) is 14.8. The van der Waals surface area contributed by atoms with E-state index in [1.54, 1.807) is 18.0 Å². The summed E-state index contributed by atoms with van der Waals surface area (Å²) in [5.41, 5.74) is 9.62. The van der Waals surface area contributed by atoms with Crippen molar-refractivity contribution in [3.8, 4) is 28.3 Å². The third-order valence-corrected chi connectivity index (χ3v) is 3.38. The monoisotopic (exact) mass is 280 g/mol. The van der Waals surface area contributed by atoms with E-state index in [4.69, 9.17) is 10.5 Å². The van der Waals surface area contributed by atoms with E-state index < -0.39 is 0 Å². The first kappa shape index (κ1) is 13.2. The highest BCUT2D eigenvalue weighted by Gasteiger charge is 2.18. The molecule has 0 aliphatic heterocycles. The summed E-state index contributed by atoms with van der Waals surface area (Å²) in [7, 11) is 3.47. The van der Waals surface area contributed by atoms with Crippen LogP contribution in [0.4, 0.5) is 5.82 Å². The molecule has 21 heavy (non-hydrogen) atoms. The maximum Gasteiger partial charge on any atom is 0.131 e. The molecule has 0 aliphatic rings. The van der Waals surface area contributed by atoms with Gasteiger partial charge in [0.05, 0.1) is 18.4 Å². The minimum absolute atomic E-state index is 0.597. The summed E-state index contributed by atoms with van der Waals surface area (Å²) < 4.78 is 6.86. The number of benzene rings is 1. The van der Waals surface area contributed by atoms with Gasteiger partial charge in [0.1, 0.15) is 17.3 Å². The highest BCUT2D eigenvalue weighted by molar-refractivity contribution is 5.86. The smallest absolute Gasteiger partial charge is 0.131 e. The van der Waals surface area contributed by atoms with Gasteiger partial charge in [0.25, 0.3) is 0 Å². The number of aryl methyl sites for hydroxylation is 1. The molecule has 3 aromatic rings. The van der Waals surface area contributed by atoms with E-state index in [1.807, 2.05) is 49.5 Å². The minimum Gasteiger partial charge on any atom is -0.497 e. The van der Waals surface area contributed by atoms with Crippen LogP contribution in [-0.2, 0) is 7.05 Å². The molecule has 5 heteroatoms. The average molecular weight is 280 g/mol. The molecule has 0 atom stereocenters. The SMILES string of the molecule is COc1ccc(-c2nn(C)c(N)c2-c2ccccn2)cc1. The van der Waals surface area contributed by atoms with Crippen LogP contribution in [0.1, 0.15) is 0 Å². The van der Waals surface area contributed by atoms with Crippen molar-refractivity contribution in [3.05, 3.63) is 48.7 Å². The van der Waals surface area contributed by atoms with Crippen LogP contribution in [0.2, 0.25) is 0 Å². The lowest BCUT2D eigenvalue weighted by atomic mass is 10.0. The zero-order valence-corrected chi connectivity index (χ0v) is 11.9. The van der Waals surface area contributed by atoms with E-state index in [0.717, 1.165) is 28.3 Å². The highest BCUT2D eigenvalue weighted by Crippen LogP contribution is 2.35. The summed E-state index contributed by atoms with van der Waals surface area (Å²) in [6.45, 7) is 0. The maximum atomic E-state index is 6.16. The number of nitrogens with zero attached hydrogens (tertiary/aromatic N) is 3. The zero-order valence-electron chi connectivity index (χ0n) is 11.9. The van der Waals surface area contributed by atoms with Crippen molar-refractivity contribution in [3.63, 3.8) is 0 Å². The first-order chi connectivity index (χ1) is 10.2. The molecule has 2 heterocycles. The molecule has 0 spiro atoms. The lowest BCUT2D eigenvalue weighted by molar-refractivity contribution is 0.415. The quantitative estimate of drug-likeness (QED) is 0.801. The van der Waals surface area contributed by atoms with Gasteiger partial charge < -0.3 is 10.5 Å². The molecular weight excluding hydrogens is 264 g/mol. The van der Waals surface area contributed by atoms with Gasteiger partial charge in [0, 0.05) is 18.8 Å². The lowest BCUT2D eigenvalue weighted by Gasteiger charge is -2.04. The van der Waals surface area contributed by atoms with Gasteiger partial charge in [-0.2, -0.15) is 5.10 Å². The van der Waals surface area contributed by atoms with Gasteiger partial charge >= 0.3 is 0 Å². The minimum atomic E-state index is 0.597. The van der Waals surface area contributed by atoms with E-state index >= 15 is 0 Å². The molecule has 0 fully saturated rings. The summed E-state index contributed by atoms with van der Waals surface area (Å²) in [4.78, 5) is 4.39. The number of methoxy groups -OCH3 is 1. The number of anilines is 1. The number of nitrogen functional groups attached to an aromatic ring is 1. The Morgan fingerprint density at radius 3 is 2.48 bits per heavy atom. The van der Waals surface area contributed by atoms with Crippen LogP contribution in [0.25, 0.3) is 22.5 Å². The third-order valence-electron chi connectivity index (χ3n) is 3.38. The van der Waals surface area contributed by atoms with Crippen molar-refractivity contribution in [1.29, 1.82) is 0 Å². The Balaban J connectivity index is 2.16. The molecule has 0 amide bonds. The largest absolute Gasteiger partial charge is 0.497 e. The van der Waals surface area contributed by atoms with Gasteiger partial charge in [-0.3, -0.25) is 9.67 Å². The number of ether oxygens (including phenoxy) is 1. The van der Waals surface area contributed by atoms with Crippen LogP contribution in [0.3, 0.4) is 0 Å². The number of hydrogen-bond donors (Lipinski definition) is 1. The van der Waals surface area contributed by atoms with Crippen LogP contribution >= 0.6 is 0 Å². The van der Waals surface area contributed by atoms with E-state index in [2.05, 4.69) is 10.1 Å². The first-order valence-corrected chi connectivity index (χ1v) is 6.59. The van der Waals surface area contributed by atoms with Gasteiger partial charge in [-0.25, -0.2) is 0 Å². The average Bonchev–Trinajstić information content (AvgIpc) is 2.84. The topological polar surface area (TPSA) is 66.0 Å². The van der Waals surface area contributed by atoms with Crippen molar-refractivity contribution < 1.29 is 4.74 Å². The van der Waals surface area contributed by atoms with Crippen LogP contribution in [0.15, 0.2) is 48.7 Å². The lowest BCUT2D eigenvalue weighted by Crippen LogP contribution is -1.98. The summed E-state index contributed by atoms with van der Waals surface area (Å²) in [5, 5.41) is 4.52. The van der Waals surface area contributed by atoms with Crippen molar-refractivity contribution in [2.45, 2.75) is 0 Å². The Bertz CT molecular complexity index is 748. The van der Waals surface area contributed by atoms with Crippen LogP contribution in [-0.4, -0.2) is 21.9 Å². The number of pyridine rings is 1. The number of nitrogens with two attached hydrogens (primary N) is 1. The van der Waals surface area contributed by atoms with Gasteiger partial charge in [0.15, 0.2) is 0 Å². The molecule has 106 valence electrons. The molecule has 0 saturated carbocycles. The van der Waals surface area contributed by atoms with Crippen LogP contribution < -0.4 is 10.5 Å². The molecule has 0 unspecified atom stereocenters. The fourth-order valence-electron chi connectivity index (χ4n) is 2.25. The Kier molecular flexibility index (Phi) is 3.31. The Morgan fingerprint density at radius 2 is 1.86 bits per heavy atom. The van der Waals surface area contributed by atoms with Crippen molar-refractivity contribution in [2.75, 3.05) is 12.8 Å². The van der Waals surface area contributed by atoms with E-state index in [1.165, 1.54) is 0 Å². The van der Waals surface area contributed by atoms with Gasteiger partial charge in [-0.15, -0.1) is 0 Å². The van der Waals surface area contributed by atoms with Crippen molar-refractivity contribution >= 4 is 5.82 Å². The number of aromatic nitrogens is 3. The summed E-state index contributed by atoms with van der Waals surface area (Å²) in [6, 6.07) is 13.5. The molecule has 3 rings (SSSR count). The van der Waals surface area contributed by atoms with Crippen LogP contribution in [0, 0.1) is 0 Å². The summed E-state index contributed by atoms with van der Waals surface area (Å²) in [5.74, 6) is 1.40. The molecule has 0 bridgehead atoms. The molecule has 5 nitrogen and oxygen atoms in total.